The number of halogens is 1. The van der Waals surface area contributed by atoms with Crippen molar-refractivity contribution < 1.29 is 8.42 Å². The first-order valence-corrected chi connectivity index (χ1v) is 8.26. The molecule has 2 rings (SSSR count). The number of sulfonamides is 1. The fourth-order valence-corrected chi connectivity index (χ4v) is 3.76. The van der Waals surface area contributed by atoms with Crippen molar-refractivity contribution >= 4 is 55.9 Å². The van der Waals surface area contributed by atoms with Crippen LogP contribution in [0.5, 0.6) is 0 Å². The van der Waals surface area contributed by atoms with E-state index in [0.717, 1.165) is 0 Å². The molecule has 1 heterocycles. The van der Waals surface area contributed by atoms with Crippen LogP contribution in [-0.2, 0) is 10.0 Å². The summed E-state index contributed by atoms with van der Waals surface area (Å²) < 4.78 is 26.9. The highest BCUT2D eigenvalue weighted by Crippen LogP contribution is 2.25. The minimum Gasteiger partial charge on any atom is -0.389 e. The zero-order valence-electron chi connectivity index (χ0n) is 9.46. The second-order valence-corrected chi connectivity index (χ2v) is 6.90. The van der Waals surface area contributed by atoms with Crippen LogP contribution in [0.25, 0.3) is 0 Å². The van der Waals surface area contributed by atoms with Crippen molar-refractivity contribution in [1.82, 2.24) is 0 Å². The Labute approximate surface area is 125 Å². The molecule has 1 aromatic carbocycles. The number of nitrogens with two attached hydrogens (primary N) is 1. The molecule has 4 nitrogen and oxygen atoms in total. The molecule has 0 saturated carbocycles. The van der Waals surface area contributed by atoms with Gasteiger partial charge in [0.1, 0.15) is 9.88 Å². The molecule has 0 saturated heterocycles. The van der Waals surface area contributed by atoms with Crippen molar-refractivity contribution in [1.29, 1.82) is 0 Å². The van der Waals surface area contributed by atoms with Crippen molar-refractivity contribution in [3.63, 3.8) is 0 Å². The van der Waals surface area contributed by atoms with Crippen molar-refractivity contribution in [3.8, 4) is 0 Å². The molecule has 3 N–H and O–H groups in total. The second kappa shape index (κ2) is 5.46. The predicted octanol–water partition coefficient (Wildman–Crippen LogP) is 2.84. The van der Waals surface area contributed by atoms with Gasteiger partial charge in [0.05, 0.1) is 10.7 Å². The SMILES string of the molecule is NC(=S)c1ccc(Cl)c(S(=O)(=O)Nc2ccsc2)c1. The molecule has 19 heavy (non-hydrogen) atoms. The quantitative estimate of drug-likeness (QED) is 0.844. The van der Waals surface area contributed by atoms with E-state index in [1.807, 2.05) is 0 Å². The summed E-state index contributed by atoms with van der Waals surface area (Å²) in [6, 6.07) is 6.05. The molecule has 0 aliphatic heterocycles. The van der Waals surface area contributed by atoms with Crippen molar-refractivity contribution in [2.24, 2.45) is 5.73 Å². The van der Waals surface area contributed by atoms with Gasteiger partial charge in [-0.25, -0.2) is 8.42 Å². The van der Waals surface area contributed by atoms with Crippen LogP contribution in [0.15, 0.2) is 39.9 Å². The lowest BCUT2D eigenvalue weighted by Crippen LogP contribution is -2.15. The Kier molecular flexibility index (Phi) is 4.10. The molecular formula is C11H9ClN2O2S3. The van der Waals surface area contributed by atoms with Crippen molar-refractivity contribution in [3.05, 3.63) is 45.6 Å². The van der Waals surface area contributed by atoms with Crippen LogP contribution in [0.3, 0.4) is 0 Å². The first-order valence-electron chi connectivity index (χ1n) is 5.04. The lowest BCUT2D eigenvalue weighted by atomic mass is 10.2. The van der Waals surface area contributed by atoms with E-state index in [1.165, 1.54) is 23.5 Å². The Morgan fingerprint density at radius 2 is 2.11 bits per heavy atom. The molecular weight excluding hydrogens is 324 g/mol. The van der Waals surface area contributed by atoms with Gasteiger partial charge in [-0.2, -0.15) is 11.3 Å². The maximum atomic E-state index is 12.2. The standard InChI is InChI=1S/C11H9ClN2O2S3/c12-9-2-1-7(11(13)17)5-10(9)19(15,16)14-8-3-4-18-6-8/h1-6,14H,(H2,13,17). The molecule has 0 aliphatic carbocycles. The van der Waals surface area contributed by atoms with Gasteiger partial charge in [0, 0.05) is 10.9 Å². The topological polar surface area (TPSA) is 72.2 Å². The van der Waals surface area contributed by atoms with Gasteiger partial charge in [-0.1, -0.05) is 29.9 Å². The monoisotopic (exact) mass is 332 g/mol. The zero-order valence-corrected chi connectivity index (χ0v) is 12.7. The van der Waals surface area contributed by atoms with Gasteiger partial charge in [0.25, 0.3) is 10.0 Å². The van der Waals surface area contributed by atoms with Crippen molar-refractivity contribution in [2.45, 2.75) is 4.90 Å². The number of anilines is 1. The number of hydrogen-bond acceptors (Lipinski definition) is 4. The molecule has 0 radical (unpaired) electrons. The average molecular weight is 333 g/mol. The molecule has 0 bridgehead atoms. The number of thiophene rings is 1. The summed E-state index contributed by atoms with van der Waals surface area (Å²) in [6.07, 6.45) is 0. The smallest absolute Gasteiger partial charge is 0.263 e. The number of hydrogen-bond donors (Lipinski definition) is 2. The summed E-state index contributed by atoms with van der Waals surface area (Å²) >= 11 is 12.1. The number of nitrogens with one attached hydrogen (secondary N) is 1. The normalized spacial score (nSPS) is 11.2. The summed E-state index contributed by atoms with van der Waals surface area (Å²) in [7, 11) is -3.76. The third-order valence-corrected chi connectivity index (χ3v) is 5.06. The van der Waals surface area contributed by atoms with Crippen LogP contribution in [0, 0.1) is 0 Å². The fourth-order valence-electron chi connectivity index (χ4n) is 1.40. The fraction of sp³-hybridized carbons (Fsp3) is 0. The van der Waals surface area contributed by atoms with Gasteiger partial charge >= 0.3 is 0 Å². The van der Waals surface area contributed by atoms with Crippen LogP contribution in [0.1, 0.15) is 5.56 Å². The van der Waals surface area contributed by atoms with E-state index in [4.69, 9.17) is 29.6 Å². The van der Waals surface area contributed by atoms with E-state index in [0.29, 0.717) is 11.3 Å². The first kappa shape index (κ1) is 14.3. The Bertz CT molecular complexity index is 712. The molecule has 0 fully saturated rings. The molecule has 1 aromatic heterocycles. The third-order valence-electron chi connectivity index (χ3n) is 2.28. The second-order valence-electron chi connectivity index (χ2n) is 3.63. The highest BCUT2D eigenvalue weighted by atomic mass is 35.5. The Morgan fingerprint density at radius 3 is 2.68 bits per heavy atom. The maximum absolute atomic E-state index is 12.2. The Balaban J connectivity index is 2.45. The Morgan fingerprint density at radius 1 is 1.37 bits per heavy atom. The van der Waals surface area contributed by atoms with Crippen LogP contribution in [0.2, 0.25) is 5.02 Å². The highest BCUT2D eigenvalue weighted by molar-refractivity contribution is 7.92. The highest BCUT2D eigenvalue weighted by Gasteiger charge is 2.19. The van der Waals surface area contributed by atoms with E-state index >= 15 is 0 Å². The zero-order chi connectivity index (χ0) is 14.0. The lowest BCUT2D eigenvalue weighted by molar-refractivity contribution is 0.601. The number of rotatable bonds is 4. The van der Waals surface area contributed by atoms with Crippen LogP contribution < -0.4 is 10.5 Å². The van der Waals surface area contributed by atoms with Gasteiger partial charge in [-0.05, 0) is 23.6 Å². The molecule has 100 valence electrons. The predicted molar refractivity (Wildman–Crippen MR) is 82.5 cm³/mol. The number of benzene rings is 1. The number of thiocarbonyl (C=S) groups is 1. The molecule has 0 atom stereocenters. The summed E-state index contributed by atoms with van der Waals surface area (Å²) in [5.41, 5.74) is 6.42. The van der Waals surface area contributed by atoms with Crippen LogP contribution in [-0.4, -0.2) is 13.4 Å². The lowest BCUT2D eigenvalue weighted by Gasteiger charge is -2.09. The van der Waals surface area contributed by atoms with Gasteiger partial charge < -0.3 is 5.73 Å². The molecule has 2 aromatic rings. The van der Waals surface area contributed by atoms with E-state index in [2.05, 4.69) is 4.72 Å². The average Bonchev–Trinajstić information content (AvgIpc) is 2.81. The van der Waals surface area contributed by atoms with Gasteiger partial charge in [-0.15, -0.1) is 0 Å². The summed E-state index contributed by atoms with van der Waals surface area (Å²) in [5, 5.41) is 3.57. The van der Waals surface area contributed by atoms with Crippen LogP contribution in [0.4, 0.5) is 5.69 Å². The minimum absolute atomic E-state index is 0.0503. The maximum Gasteiger partial charge on any atom is 0.263 e. The van der Waals surface area contributed by atoms with Gasteiger partial charge in [0.2, 0.25) is 0 Å². The molecule has 8 heteroatoms. The van der Waals surface area contributed by atoms with Gasteiger partial charge in [-0.3, -0.25) is 4.72 Å². The largest absolute Gasteiger partial charge is 0.389 e. The summed E-state index contributed by atoms with van der Waals surface area (Å²) in [6.45, 7) is 0. The van der Waals surface area contributed by atoms with E-state index < -0.39 is 10.0 Å². The minimum atomic E-state index is -3.76. The van der Waals surface area contributed by atoms with Crippen LogP contribution >= 0.6 is 35.2 Å². The summed E-state index contributed by atoms with van der Waals surface area (Å²) in [5.74, 6) is 0. The first-order chi connectivity index (χ1) is 8.90. The van der Waals surface area contributed by atoms with E-state index in [9.17, 15) is 8.42 Å². The van der Waals surface area contributed by atoms with E-state index in [1.54, 1.807) is 22.9 Å². The molecule has 0 amide bonds. The molecule has 0 aliphatic rings. The third kappa shape index (κ3) is 3.24. The Hall–Kier alpha value is -1.15. The molecule has 0 unspecified atom stereocenters. The van der Waals surface area contributed by atoms with E-state index in [-0.39, 0.29) is 14.9 Å². The molecule has 0 spiro atoms. The van der Waals surface area contributed by atoms with Crippen molar-refractivity contribution in [2.75, 3.05) is 4.72 Å². The van der Waals surface area contributed by atoms with Gasteiger partial charge in [0.15, 0.2) is 0 Å². The summed E-state index contributed by atoms with van der Waals surface area (Å²) in [4.78, 5) is 0.0642.